The van der Waals surface area contributed by atoms with Gasteiger partial charge in [-0.1, -0.05) is 43.2 Å². The summed E-state index contributed by atoms with van der Waals surface area (Å²) < 4.78 is 24.0. The van der Waals surface area contributed by atoms with Crippen LogP contribution in [0.1, 0.15) is 48.9 Å². The summed E-state index contributed by atoms with van der Waals surface area (Å²) in [5.41, 5.74) is 0.667. The molecule has 0 aliphatic heterocycles. The molecule has 110 valence electrons. The molecule has 0 saturated heterocycles. The van der Waals surface area contributed by atoms with E-state index in [0.717, 1.165) is 25.7 Å². The molecule has 0 aromatic heterocycles. The second-order valence-electron chi connectivity index (χ2n) is 5.66. The highest BCUT2D eigenvalue weighted by Crippen LogP contribution is 2.26. The monoisotopic (exact) mass is 294 g/mol. The van der Waals surface area contributed by atoms with Crippen molar-refractivity contribution in [3.05, 3.63) is 35.9 Å². The Morgan fingerprint density at radius 1 is 1.10 bits per heavy atom. The van der Waals surface area contributed by atoms with E-state index in [1.54, 1.807) is 12.1 Å². The average molecular weight is 294 g/mol. The molecular weight excluding hydrogens is 272 g/mol. The molecule has 0 amide bonds. The topological polar surface area (TPSA) is 51.2 Å². The van der Waals surface area contributed by atoms with Gasteiger partial charge < -0.3 is 0 Å². The lowest BCUT2D eigenvalue weighted by molar-refractivity contribution is 0.0982. The molecule has 20 heavy (non-hydrogen) atoms. The lowest BCUT2D eigenvalue weighted by atomic mass is 10.1. The molecule has 3 nitrogen and oxygen atoms in total. The van der Waals surface area contributed by atoms with E-state index in [-0.39, 0.29) is 11.5 Å². The highest BCUT2D eigenvalue weighted by atomic mass is 32.2. The van der Waals surface area contributed by atoms with E-state index < -0.39 is 9.84 Å². The van der Waals surface area contributed by atoms with Crippen LogP contribution in [0.5, 0.6) is 0 Å². The molecule has 1 aromatic carbocycles. The maximum absolute atomic E-state index is 12.0. The molecule has 2 rings (SSSR count). The zero-order valence-corrected chi connectivity index (χ0v) is 12.6. The van der Waals surface area contributed by atoms with Gasteiger partial charge in [0.05, 0.1) is 11.5 Å². The number of hydrogen-bond acceptors (Lipinski definition) is 3. The minimum atomic E-state index is -3.00. The number of carbonyl (C=O) groups is 1. The number of ketones is 1. The van der Waals surface area contributed by atoms with Gasteiger partial charge >= 0.3 is 0 Å². The molecule has 0 N–H and O–H groups in total. The molecule has 0 bridgehead atoms. The van der Waals surface area contributed by atoms with Crippen molar-refractivity contribution >= 4 is 15.6 Å². The number of sulfone groups is 1. The van der Waals surface area contributed by atoms with Gasteiger partial charge in [-0.05, 0) is 25.2 Å². The summed E-state index contributed by atoms with van der Waals surface area (Å²) in [4.78, 5) is 11.9. The molecule has 0 radical (unpaired) electrons. The van der Waals surface area contributed by atoms with Crippen LogP contribution in [0.15, 0.2) is 30.3 Å². The molecular formula is C16H22O3S. The molecule has 1 aliphatic rings. The molecule has 0 unspecified atom stereocenters. The van der Waals surface area contributed by atoms with Crippen LogP contribution in [0, 0.1) is 5.92 Å². The van der Waals surface area contributed by atoms with E-state index in [0.29, 0.717) is 30.1 Å². The summed E-state index contributed by atoms with van der Waals surface area (Å²) in [6.45, 7) is 0. The first-order valence-corrected chi connectivity index (χ1v) is 9.18. The van der Waals surface area contributed by atoms with Gasteiger partial charge in [0, 0.05) is 12.0 Å². The average Bonchev–Trinajstić information content (AvgIpc) is 2.91. The highest BCUT2D eigenvalue weighted by Gasteiger charge is 2.22. The van der Waals surface area contributed by atoms with Crippen LogP contribution in [0.25, 0.3) is 0 Å². The Hall–Kier alpha value is -1.16. The summed E-state index contributed by atoms with van der Waals surface area (Å²) in [6, 6.07) is 9.06. The van der Waals surface area contributed by atoms with Gasteiger partial charge in [-0.3, -0.25) is 4.79 Å². The quantitative estimate of drug-likeness (QED) is 0.725. The van der Waals surface area contributed by atoms with Crippen LogP contribution in [0.4, 0.5) is 0 Å². The van der Waals surface area contributed by atoms with Gasteiger partial charge in [0.1, 0.15) is 0 Å². The summed E-state index contributed by atoms with van der Waals surface area (Å²) >= 11 is 0. The molecule has 0 heterocycles. The summed E-state index contributed by atoms with van der Waals surface area (Å²) in [6.07, 6.45) is 5.15. The Balaban J connectivity index is 1.76. The van der Waals surface area contributed by atoms with Gasteiger partial charge in [0.25, 0.3) is 0 Å². The number of rotatable bonds is 7. The van der Waals surface area contributed by atoms with Crippen molar-refractivity contribution in [3.8, 4) is 0 Å². The number of hydrogen-bond donors (Lipinski definition) is 0. The van der Waals surface area contributed by atoms with E-state index >= 15 is 0 Å². The third-order valence-corrected chi connectivity index (χ3v) is 5.81. The fraction of sp³-hybridized carbons (Fsp3) is 0.562. The van der Waals surface area contributed by atoms with Crippen molar-refractivity contribution in [2.45, 2.75) is 38.5 Å². The van der Waals surface area contributed by atoms with Crippen LogP contribution in [-0.4, -0.2) is 25.7 Å². The highest BCUT2D eigenvalue weighted by molar-refractivity contribution is 7.91. The lowest BCUT2D eigenvalue weighted by Gasteiger charge is -2.09. The Morgan fingerprint density at radius 2 is 1.75 bits per heavy atom. The smallest absolute Gasteiger partial charge is 0.162 e. The van der Waals surface area contributed by atoms with E-state index in [2.05, 4.69) is 0 Å². The first-order valence-electron chi connectivity index (χ1n) is 7.35. The maximum Gasteiger partial charge on any atom is 0.162 e. The van der Waals surface area contributed by atoms with Gasteiger partial charge in [0.15, 0.2) is 15.6 Å². The van der Waals surface area contributed by atoms with E-state index in [9.17, 15) is 13.2 Å². The predicted molar refractivity (Wildman–Crippen MR) is 80.6 cm³/mol. The van der Waals surface area contributed by atoms with Crippen LogP contribution in [-0.2, 0) is 9.84 Å². The Kier molecular flexibility index (Phi) is 5.35. The minimum absolute atomic E-state index is 0.0293. The molecule has 1 aliphatic carbocycles. The lowest BCUT2D eigenvalue weighted by Crippen LogP contribution is -2.17. The second-order valence-corrected chi connectivity index (χ2v) is 7.89. The van der Waals surface area contributed by atoms with Crippen molar-refractivity contribution < 1.29 is 13.2 Å². The fourth-order valence-electron chi connectivity index (χ4n) is 2.84. The minimum Gasteiger partial charge on any atom is -0.294 e. The first-order chi connectivity index (χ1) is 9.57. The van der Waals surface area contributed by atoms with Gasteiger partial charge in [-0.15, -0.1) is 0 Å². The zero-order valence-electron chi connectivity index (χ0n) is 11.8. The Bertz CT molecular complexity index is 528. The molecule has 1 saturated carbocycles. The van der Waals surface area contributed by atoms with Crippen molar-refractivity contribution in [3.63, 3.8) is 0 Å². The van der Waals surface area contributed by atoms with E-state index in [1.807, 2.05) is 18.2 Å². The first kappa shape index (κ1) is 15.2. The van der Waals surface area contributed by atoms with E-state index in [4.69, 9.17) is 0 Å². The SMILES string of the molecule is O=C(CCCS(=O)(=O)CC1CCCC1)c1ccccc1. The summed E-state index contributed by atoms with van der Waals surface area (Å²) in [7, 11) is -3.00. The van der Waals surface area contributed by atoms with Crippen LogP contribution in [0.2, 0.25) is 0 Å². The molecule has 4 heteroatoms. The van der Waals surface area contributed by atoms with Crippen molar-refractivity contribution in [2.75, 3.05) is 11.5 Å². The predicted octanol–water partition coefficient (Wildman–Crippen LogP) is 3.25. The Morgan fingerprint density at radius 3 is 2.40 bits per heavy atom. The molecule has 1 fully saturated rings. The molecule has 0 spiro atoms. The summed E-state index contributed by atoms with van der Waals surface area (Å²) in [5.74, 6) is 0.834. The summed E-state index contributed by atoms with van der Waals surface area (Å²) in [5, 5.41) is 0. The largest absolute Gasteiger partial charge is 0.294 e. The van der Waals surface area contributed by atoms with Gasteiger partial charge in [0.2, 0.25) is 0 Å². The maximum atomic E-state index is 12.0. The zero-order chi connectivity index (χ0) is 14.4. The van der Waals surface area contributed by atoms with Crippen molar-refractivity contribution in [1.82, 2.24) is 0 Å². The normalized spacial score (nSPS) is 16.4. The second kappa shape index (κ2) is 7.02. The van der Waals surface area contributed by atoms with Gasteiger partial charge in [-0.25, -0.2) is 8.42 Å². The van der Waals surface area contributed by atoms with E-state index in [1.165, 1.54) is 0 Å². The van der Waals surface area contributed by atoms with Crippen LogP contribution in [0.3, 0.4) is 0 Å². The standard InChI is InChI=1S/C16H22O3S/c17-16(15-9-2-1-3-10-15)11-6-12-20(18,19)13-14-7-4-5-8-14/h1-3,9-10,14H,4-8,11-13H2. The fourth-order valence-corrected chi connectivity index (χ4v) is 4.64. The van der Waals surface area contributed by atoms with Gasteiger partial charge in [-0.2, -0.15) is 0 Å². The molecule has 1 aromatic rings. The van der Waals surface area contributed by atoms with Crippen molar-refractivity contribution in [2.24, 2.45) is 5.92 Å². The third-order valence-electron chi connectivity index (χ3n) is 3.92. The van der Waals surface area contributed by atoms with Crippen LogP contribution >= 0.6 is 0 Å². The Labute approximate surface area is 121 Å². The number of carbonyl (C=O) groups excluding carboxylic acids is 1. The molecule has 0 atom stereocenters. The van der Waals surface area contributed by atoms with Crippen molar-refractivity contribution in [1.29, 1.82) is 0 Å². The number of benzene rings is 1. The third kappa shape index (κ3) is 4.75. The van der Waals surface area contributed by atoms with Crippen LogP contribution < -0.4 is 0 Å². The number of Topliss-reactive ketones (excluding diaryl/α,β-unsaturated/α-hetero) is 1.